The smallest absolute Gasteiger partial charge is 0.257 e. The quantitative estimate of drug-likeness (QED) is 0.939. The van der Waals surface area contributed by atoms with Crippen molar-refractivity contribution < 1.29 is 9.90 Å². The van der Waals surface area contributed by atoms with Gasteiger partial charge in [-0.2, -0.15) is 5.10 Å². The van der Waals surface area contributed by atoms with E-state index in [1.807, 2.05) is 37.2 Å². The number of phenolic OH excluding ortho intramolecular Hbond substituents is 1. The lowest BCUT2D eigenvalue weighted by atomic mass is 9.95. The van der Waals surface area contributed by atoms with E-state index < -0.39 is 0 Å². The maximum atomic E-state index is 12.9. The van der Waals surface area contributed by atoms with Crippen molar-refractivity contribution in [3.63, 3.8) is 0 Å². The Labute approximate surface area is 142 Å². The second-order valence-corrected chi connectivity index (χ2v) is 6.66. The van der Waals surface area contributed by atoms with Crippen LogP contribution in [-0.4, -0.2) is 38.3 Å². The summed E-state index contributed by atoms with van der Waals surface area (Å²) in [5, 5.41) is 13.9. The van der Waals surface area contributed by atoms with E-state index in [0.29, 0.717) is 11.3 Å². The molecule has 1 atom stereocenters. The topological polar surface area (TPSA) is 58.4 Å². The first-order valence-electron chi connectivity index (χ1n) is 8.63. The summed E-state index contributed by atoms with van der Waals surface area (Å²) >= 11 is 0. The molecule has 1 aromatic heterocycles. The first-order valence-corrected chi connectivity index (χ1v) is 8.63. The minimum absolute atomic E-state index is 0.0983. The van der Waals surface area contributed by atoms with Gasteiger partial charge in [-0.25, -0.2) is 0 Å². The standard InChI is InChI=1S/C19H25N3O2/c1-14-18(13-21(2)20-14)19(24)22-11-4-3-7-16(22)10-9-15-6-5-8-17(23)12-15/h5-6,8,12-13,16,23H,3-4,7,9-11H2,1-2H3. The van der Waals surface area contributed by atoms with Gasteiger partial charge in [0.15, 0.2) is 0 Å². The molecule has 1 aliphatic heterocycles. The van der Waals surface area contributed by atoms with E-state index in [1.165, 1.54) is 6.42 Å². The molecule has 0 bridgehead atoms. The van der Waals surface area contributed by atoms with Crippen LogP contribution in [0.4, 0.5) is 0 Å². The highest BCUT2D eigenvalue weighted by Gasteiger charge is 2.28. The summed E-state index contributed by atoms with van der Waals surface area (Å²) in [7, 11) is 1.85. The summed E-state index contributed by atoms with van der Waals surface area (Å²) in [4.78, 5) is 15.0. The molecule has 1 aliphatic rings. The number of aromatic nitrogens is 2. The van der Waals surface area contributed by atoms with Gasteiger partial charge in [-0.15, -0.1) is 0 Å². The molecule has 24 heavy (non-hydrogen) atoms. The summed E-state index contributed by atoms with van der Waals surface area (Å²) in [6.45, 7) is 2.71. The highest BCUT2D eigenvalue weighted by molar-refractivity contribution is 5.95. The van der Waals surface area contributed by atoms with Crippen LogP contribution >= 0.6 is 0 Å². The Hall–Kier alpha value is -2.30. The van der Waals surface area contributed by atoms with Crippen LogP contribution in [0, 0.1) is 6.92 Å². The number of aromatic hydroxyl groups is 1. The van der Waals surface area contributed by atoms with E-state index in [-0.39, 0.29) is 11.9 Å². The minimum Gasteiger partial charge on any atom is -0.508 e. The highest BCUT2D eigenvalue weighted by Crippen LogP contribution is 2.24. The van der Waals surface area contributed by atoms with E-state index in [1.54, 1.807) is 16.8 Å². The van der Waals surface area contributed by atoms with E-state index in [2.05, 4.69) is 5.10 Å². The lowest BCUT2D eigenvalue weighted by Crippen LogP contribution is -2.44. The number of carbonyl (C=O) groups excluding carboxylic acids is 1. The van der Waals surface area contributed by atoms with Gasteiger partial charge >= 0.3 is 0 Å². The van der Waals surface area contributed by atoms with Gasteiger partial charge in [0, 0.05) is 25.8 Å². The third-order valence-electron chi connectivity index (χ3n) is 4.81. The monoisotopic (exact) mass is 327 g/mol. The summed E-state index contributed by atoms with van der Waals surface area (Å²) in [5.74, 6) is 0.399. The molecular weight excluding hydrogens is 302 g/mol. The van der Waals surface area contributed by atoms with Gasteiger partial charge in [-0.3, -0.25) is 9.48 Å². The maximum absolute atomic E-state index is 12.9. The van der Waals surface area contributed by atoms with Crippen LogP contribution < -0.4 is 0 Å². The molecule has 5 heteroatoms. The average Bonchev–Trinajstić information content (AvgIpc) is 2.91. The van der Waals surface area contributed by atoms with Gasteiger partial charge in [0.2, 0.25) is 0 Å². The summed E-state index contributed by atoms with van der Waals surface area (Å²) in [6, 6.07) is 7.65. The molecule has 0 aliphatic carbocycles. The average molecular weight is 327 g/mol. The van der Waals surface area contributed by atoms with Gasteiger partial charge in [0.05, 0.1) is 11.3 Å². The zero-order valence-corrected chi connectivity index (χ0v) is 14.4. The van der Waals surface area contributed by atoms with Crippen molar-refractivity contribution in [3.05, 3.63) is 47.3 Å². The summed E-state index contributed by atoms with van der Waals surface area (Å²) in [5.41, 5.74) is 2.62. The fourth-order valence-corrected chi connectivity index (χ4v) is 3.58. The van der Waals surface area contributed by atoms with Crippen molar-refractivity contribution >= 4 is 5.91 Å². The van der Waals surface area contributed by atoms with Gasteiger partial charge in [0.25, 0.3) is 5.91 Å². The zero-order valence-electron chi connectivity index (χ0n) is 14.4. The number of carbonyl (C=O) groups is 1. The number of piperidine rings is 1. The molecule has 2 aromatic rings. The molecule has 0 saturated carbocycles. The summed E-state index contributed by atoms with van der Waals surface area (Å²) in [6.07, 6.45) is 6.89. The second-order valence-electron chi connectivity index (χ2n) is 6.66. The van der Waals surface area contributed by atoms with Gasteiger partial charge in [-0.05, 0) is 56.7 Å². The molecule has 1 saturated heterocycles. The Morgan fingerprint density at radius 1 is 1.38 bits per heavy atom. The SMILES string of the molecule is Cc1nn(C)cc1C(=O)N1CCCCC1CCc1cccc(O)c1. The number of hydrogen-bond donors (Lipinski definition) is 1. The van der Waals surface area contributed by atoms with E-state index in [0.717, 1.165) is 43.5 Å². The number of phenols is 1. The summed E-state index contributed by atoms with van der Waals surface area (Å²) < 4.78 is 1.70. The molecule has 1 fully saturated rings. The van der Waals surface area contributed by atoms with Crippen molar-refractivity contribution in [2.75, 3.05) is 6.54 Å². The molecule has 128 valence electrons. The molecule has 0 radical (unpaired) electrons. The van der Waals surface area contributed by atoms with Crippen molar-refractivity contribution in [1.82, 2.24) is 14.7 Å². The normalized spacial score (nSPS) is 17.9. The Morgan fingerprint density at radius 3 is 2.92 bits per heavy atom. The number of likely N-dealkylation sites (tertiary alicyclic amines) is 1. The minimum atomic E-state index is 0.0983. The van der Waals surface area contributed by atoms with Crippen LogP contribution in [0.15, 0.2) is 30.5 Å². The van der Waals surface area contributed by atoms with Crippen LogP contribution in [0.25, 0.3) is 0 Å². The number of aryl methyl sites for hydroxylation is 3. The van der Waals surface area contributed by atoms with E-state index in [9.17, 15) is 9.90 Å². The van der Waals surface area contributed by atoms with Gasteiger partial charge in [0.1, 0.15) is 5.75 Å². The van der Waals surface area contributed by atoms with Crippen LogP contribution in [0.5, 0.6) is 5.75 Å². The maximum Gasteiger partial charge on any atom is 0.257 e. The van der Waals surface area contributed by atoms with Crippen LogP contribution in [0.3, 0.4) is 0 Å². The Kier molecular flexibility index (Phi) is 4.88. The van der Waals surface area contributed by atoms with Gasteiger partial charge < -0.3 is 10.0 Å². The Balaban J connectivity index is 1.71. The zero-order chi connectivity index (χ0) is 17.1. The molecule has 1 amide bonds. The number of benzene rings is 1. The Bertz CT molecular complexity index is 723. The third-order valence-corrected chi connectivity index (χ3v) is 4.81. The predicted molar refractivity (Wildman–Crippen MR) is 93.0 cm³/mol. The molecule has 3 rings (SSSR count). The lowest BCUT2D eigenvalue weighted by Gasteiger charge is -2.36. The van der Waals surface area contributed by atoms with E-state index in [4.69, 9.17) is 0 Å². The van der Waals surface area contributed by atoms with Crippen molar-refractivity contribution in [2.24, 2.45) is 7.05 Å². The van der Waals surface area contributed by atoms with E-state index >= 15 is 0 Å². The molecule has 1 N–H and O–H groups in total. The van der Waals surface area contributed by atoms with Crippen molar-refractivity contribution in [1.29, 1.82) is 0 Å². The number of nitrogens with zero attached hydrogens (tertiary/aromatic N) is 3. The molecular formula is C19H25N3O2. The second kappa shape index (κ2) is 7.07. The van der Waals surface area contributed by atoms with Crippen LogP contribution in [0.2, 0.25) is 0 Å². The fourth-order valence-electron chi connectivity index (χ4n) is 3.58. The molecule has 0 spiro atoms. The van der Waals surface area contributed by atoms with Crippen LogP contribution in [0.1, 0.15) is 47.3 Å². The molecule has 5 nitrogen and oxygen atoms in total. The first-order chi connectivity index (χ1) is 11.5. The predicted octanol–water partition coefficient (Wildman–Crippen LogP) is 3.06. The van der Waals surface area contributed by atoms with Crippen molar-refractivity contribution in [2.45, 2.75) is 45.1 Å². The Morgan fingerprint density at radius 2 is 2.21 bits per heavy atom. The number of hydrogen-bond acceptors (Lipinski definition) is 3. The highest BCUT2D eigenvalue weighted by atomic mass is 16.3. The first kappa shape index (κ1) is 16.6. The van der Waals surface area contributed by atoms with Gasteiger partial charge in [-0.1, -0.05) is 12.1 Å². The lowest BCUT2D eigenvalue weighted by molar-refractivity contribution is 0.0601. The van der Waals surface area contributed by atoms with Crippen molar-refractivity contribution in [3.8, 4) is 5.75 Å². The fraction of sp³-hybridized carbons (Fsp3) is 0.474. The molecule has 1 aromatic carbocycles. The molecule has 2 heterocycles. The third kappa shape index (κ3) is 3.61. The molecule has 1 unspecified atom stereocenters. The number of rotatable bonds is 4. The van der Waals surface area contributed by atoms with Crippen LogP contribution in [-0.2, 0) is 13.5 Å². The number of amides is 1. The largest absolute Gasteiger partial charge is 0.508 e.